The Morgan fingerprint density at radius 2 is 2.22 bits per heavy atom. The number of rotatable bonds is 3. The molecule has 0 aromatic heterocycles. The highest BCUT2D eigenvalue weighted by Gasteiger charge is 2.16. The Morgan fingerprint density at radius 3 is 2.22 bits per heavy atom. The first kappa shape index (κ1) is 8.78. The molecule has 0 aromatic carbocycles. The van der Waals surface area contributed by atoms with E-state index in [-0.39, 0.29) is 0 Å². The van der Waals surface area contributed by atoms with Crippen LogP contribution in [-0.2, 0) is 4.79 Å². The highest BCUT2D eigenvalue weighted by molar-refractivity contribution is 7.80. The molecule has 0 bridgehead atoms. The van der Waals surface area contributed by atoms with Gasteiger partial charge in [0.2, 0.25) is 0 Å². The zero-order chi connectivity index (χ0) is 7.44. The first-order valence-corrected chi connectivity index (χ1v) is 3.23. The molecule has 0 aliphatic rings. The summed E-state index contributed by atoms with van der Waals surface area (Å²) in [6, 6.07) is -0.465. The van der Waals surface area contributed by atoms with Gasteiger partial charge in [0, 0.05) is 5.75 Å². The molecule has 54 valence electrons. The maximum atomic E-state index is 10.3. The minimum Gasteiger partial charge on any atom is -0.480 e. The number of aliphatic carboxylic acids is 1. The normalized spacial score (nSPS) is 13.8. The summed E-state index contributed by atoms with van der Waals surface area (Å²) in [5, 5.41) is 8.45. The van der Waals surface area contributed by atoms with Crippen LogP contribution in [-0.4, -0.2) is 41.9 Å². The molecular weight excluding hydrogens is 138 g/mol. The molecule has 0 amide bonds. The van der Waals surface area contributed by atoms with Gasteiger partial charge in [-0.15, -0.1) is 0 Å². The Balaban J connectivity index is 3.83. The van der Waals surface area contributed by atoms with Crippen LogP contribution in [0.2, 0.25) is 0 Å². The van der Waals surface area contributed by atoms with Crippen molar-refractivity contribution in [2.75, 3.05) is 19.8 Å². The van der Waals surface area contributed by atoms with Gasteiger partial charge in [-0.3, -0.25) is 9.69 Å². The first-order valence-electron chi connectivity index (χ1n) is 2.59. The van der Waals surface area contributed by atoms with Gasteiger partial charge in [-0.05, 0) is 14.1 Å². The van der Waals surface area contributed by atoms with Crippen molar-refractivity contribution >= 4 is 18.6 Å². The standard InChI is InChI=1S/C5H11NO2S/c1-6(2)4(3-9)5(7)8/h4,9H,3H2,1-2H3,(H,7,8)/t4-/m1/s1. The average Bonchev–Trinajstić information content (AvgIpc) is 1.64. The predicted octanol–water partition coefficient (Wildman–Crippen LogP) is -0.0690. The molecule has 4 heteroatoms. The van der Waals surface area contributed by atoms with Crippen LogP contribution in [0.3, 0.4) is 0 Å². The molecule has 0 radical (unpaired) electrons. The highest BCUT2D eigenvalue weighted by Crippen LogP contribution is 1.94. The first-order chi connectivity index (χ1) is 4.09. The van der Waals surface area contributed by atoms with Crippen LogP contribution in [0.4, 0.5) is 0 Å². The van der Waals surface area contributed by atoms with Crippen LogP contribution in [0, 0.1) is 0 Å². The number of thiol groups is 1. The average molecular weight is 149 g/mol. The number of likely N-dealkylation sites (N-methyl/N-ethyl adjacent to an activating group) is 1. The Kier molecular flexibility index (Phi) is 3.65. The van der Waals surface area contributed by atoms with E-state index < -0.39 is 12.0 Å². The van der Waals surface area contributed by atoms with Gasteiger partial charge < -0.3 is 5.11 Å². The fourth-order valence-electron chi connectivity index (χ4n) is 0.462. The van der Waals surface area contributed by atoms with Crippen molar-refractivity contribution in [2.24, 2.45) is 0 Å². The van der Waals surface area contributed by atoms with Crippen LogP contribution in [0.1, 0.15) is 0 Å². The Labute approximate surface area is 60.1 Å². The van der Waals surface area contributed by atoms with E-state index >= 15 is 0 Å². The fraction of sp³-hybridized carbons (Fsp3) is 0.800. The molecular formula is C5H11NO2S. The minimum absolute atomic E-state index is 0.350. The van der Waals surface area contributed by atoms with Crippen molar-refractivity contribution in [2.45, 2.75) is 6.04 Å². The molecule has 0 spiro atoms. The fourth-order valence-corrected chi connectivity index (χ4v) is 0.945. The SMILES string of the molecule is CN(C)[C@H](CS)C(=O)O. The number of carboxylic acids is 1. The summed E-state index contributed by atoms with van der Waals surface area (Å²) in [5.74, 6) is -0.475. The van der Waals surface area contributed by atoms with Gasteiger partial charge in [0.1, 0.15) is 6.04 Å². The molecule has 0 saturated heterocycles. The Hall–Kier alpha value is -0.220. The topological polar surface area (TPSA) is 40.5 Å². The molecule has 0 aliphatic heterocycles. The van der Waals surface area contributed by atoms with Crippen molar-refractivity contribution in [3.05, 3.63) is 0 Å². The minimum atomic E-state index is -0.824. The van der Waals surface area contributed by atoms with Gasteiger partial charge >= 0.3 is 5.97 Å². The molecule has 0 unspecified atom stereocenters. The zero-order valence-electron chi connectivity index (χ0n) is 5.53. The van der Waals surface area contributed by atoms with E-state index in [0.717, 1.165) is 0 Å². The van der Waals surface area contributed by atoms with Crippen molar-refractivity contribution in [1.29, 1.82) is 0 Å². The molecule has 0 saturated carbocycles. The zero-order valence-corrected chi connectivity index (χ0v) is 6.43. The molecule has 0 heterocycles. The number of carboxylic acid groups (broad SMARTS) is 1. The summed E-state index contributed by atoms with van der Waals surface area (Å²) < 4.78 is 0. The van der Waals surface area contributed by atoms with Crippen molar-refractivity contribution in [3.8, 4) is 0 Å². The second kappa shape index (κ2) is 3.74. The van der Waals surface area contributed by atoms with Crippen LogP contribution < -0.4 is 0 Å². The Morgan fingerprint density at radius 1 is 1.78 bits per heavy atom. The predicted molar refractivity (Wildman–Crippen MR) is 39.0 cm³/mol. The van der Waals surface area contributed by atoms with E-state index in [9.17, 15) is 4.79 Å². The summed E-state index contributed by atoms with van der Waals surface area (Å²) in [7, 11) is 3.43. The van der Waals surface area contributed by atoms with Gasteiger partial charge in [-0.1, -0.05) is 0 Å². The Bertz CT molecular complexity index is 105. The number of hydrogen-bond acceptors (Lipinski definition) is 3. The van der Waals surface area contributed by atoms with Gasteiger partial charge in [0.25, 0.3) is 0 Å². The van der Waals surface area contributed by atoms with Crippen LogP contribution in [0.5, 0.6) is 0 Å². The lowest BCUT2D eigenvalue weighted by Crippen LogP contribution is -2.37. The summed E-state index contributed by atoms with van der Waals surface area (Å²) in [5.41, 5.74) is 0. The van der Waals surface area contributed by atoms with Crippen LogP contribution in [0.15, 0.2) is 0 Å². The molecule has 0 aromatic rings. The smallest absolute Gasteiger partial charge is 0.321 e. The summed E-state index contributed by atoms with van der Waals surface area (Å²) in [4.78, 5) is 11.9. The molecule has 3 nitrogen and oxygen atoms in total. The van der Waals surface area contributed by atoms with E-state index in [1.165, 1.54) is 0 Å². The van der Waals surface area contributed by atoms with Crippen molar-refractivity contribution in [3.63, 3.8) is 0 Å². The number of nitrogens with zero attached hydrogens (tertiary/aromatic N) is 1. The van der Waals surface area contributed by atoms with Gasteiger partial charge in [0.15, 0.2) is 0 Å². The van der Waals surface area contributed by atoms with E-state index in [2.05, 4.69) is 12.6 Å². The summed E-state index contributed by atoms with van der Waals surface area (Å²) in [6.45, 7) is 0. The molecule has 0 aliphatic carbocycles. The van der Waals surface area contributed by atoms with E-state index in [4.69, 9.17) is 5.11 Å². The summed E-state index contributed by atoms with van der Waals surface area (Å²) in [6.07, 6.45) is 0. The monoisotopic (exact) mass is 149 g/mol. The van der Waals surface area contributed by atoms with Crippen LogP contribution in [0.25, 0.3) is 0 Å². The van der Waals surface area contributed by atoms with Crippen molar-refractivity contribution < 1.29 is 9.90 Å². The maximum absolute atomic E-state index is 10.3. The second-order valence-electron chi connectivity index (χ2n) is 2.00. The third-order valence-electron chi connectivity index (χ3n) is 1.08. The third kappa shape index (κ3) is 2.72. The van der Waals surface area contributed by atoms with E-state index in [1.54, 1.807) is 19.0 Å². The third-order valence-corrected chi connectivity index (χ3v) is 1.43. The molecule has 1 atom stereocenters. The second-order valence-corrected chi connectivity index (χ2v) is 2.37. The van der Waals surface area contributed by atoms with E-state index in [0.29, 0.717) is 5.75 Å². The molecule has 1 N–H and O–H groups in total. The molecule has 0 fully saturated rings. The molecule has 0 rings (SSSR count). The maximum Gasteiger partial charge on any atom is 0.321 e. The number of hydrogen-bond donors (Lipinski definition) is 2. The lowest BCUT2D eigenvalue weighted by atomic mass is 10.3. The van der Waals surface area contributed by atoms with Gasteiger partial charge in [-0.2, -0.15) is 12.6 Å². The van der Waals surface area contributed by atoms with Crippen LogP contribution >= 0.6 is 12.6 Å². The van der Waals surface area contributed by atoms with Crippen molar-refractivity contribution in [1.82, 2.24) is 4.90 Å². The highest BCUT2D eigenvalue weighted by atomic mass is 32.1. The molecule has 9 heavy (non-hydrogen) atoms. The van der Waals surface area contributed by atoms with E-state index in [1.807, 2.05) is 0 Å². The quantitative estimate of drug-likeness (QED) is 0.552. The largest absolute Gasteiger partial charge is 0.480 e. The van der Waals surface area contributed by atoms with Gasteiger partial charge in [0.05, 0.1) is 0 Å². The summed E-state index contributed by atoms with van der Waals surface area (Å²) >= 11 is 3.87. The van der Waals surface area contributed by atoms with Gasteiger partial charge in [-0.25, -0.2) is 0 Å². The lowest BCUT2D eigenvalue weighted by Gasteiger charge is -2.16. The lowest BCUT2D eigenvalue weighted by molar-refractivity contribution is -0.141. The number of carbonyl (C=O) groups is 1.